The van der Waals surface area contributed by atoms with Crippen molar-refractivity contribution in [1.29, 1.82) is 0 Å². The van der Waals surface area contributed by atoms with Gasteiger partial charge in [-0.05, 0) is 44.5 Å². The van der Waals surface area contributed by atoms with Crippen LogP contribution < -0.4 is 20.5 Å². The van der Waals surface area contributed by atoms with Gasteiger partial charge in [0, 0.05) is 6.07 Å². The van der Waals surface area contributed by atoms with Crippen molar-refractivity contribution in [3.8, 4) is 11.5 Å². The van der Waals surface area contributed by atoms with Gasteiger partial charge in [0.05, 0.1) is 18.0 Å². The van der Waals surface area contributed by atoms with Gasteiger partial charge in [-0.2, -0.15) is 0 Å². The van der Waals surface area contributed by atoms with E-state index in [1.807, 2.05) is 39.0 Å². The number of amides is 1. The van der Waals surface area contributed by atoms with Crippen molar-refractivity contribution in [1.82, 2.24) is 0 Å². The second-order valence-electron chi connectivity index (χ2n) is 5.29. The molecule has 0 saturated carbocycles. The van der Waals surface area contributed by atoms with Crippen molar-refractivity contribution in [3.63, 3.8) is 0 Å². The van der Waals surface area contributed by atoms with Crippen LogP contribution in [0.25, 0.3) is 0 Å². The van der Waals surface area contributed by atoms with Crippen LogP contribution in [0.5, 0.6) is 11.5 Å². The van der Waals surface area contributed by atoms with E-state index in [0.29, 0.717) is 29.5 Å². The number of benzene rings is 2. The number of nitrogens with two attached hydrogens (primary N) is 1. The molecular weight excluding hydrogens is 292 g/mol. The Morgan fingerprint density at radius 1 is 1.13 bits per heavy atom. The maximum absolute atomic E-state index is 12.0. The third-order valence-electron chi connectivity index (χ3n) is 3.30. The molecule has 2 rings (SSSR count). The summed E-state index contributed by atoms with van der Waals surface area (Å²) in [7, 11) is 0. The average molecular weight is 314 g/mol. The fourth-order valence-corrected chi connectivity index (χ4v) is 2.20. The van der Waals surface area contributed by atoms with Gasteiger partial charge in [-0.1, -0.05) is 17.7 Å². The Labute approximate surface area is 136 Å². The van der Waals surface area contributed by atoms with Crippen molar-refractivity contribution in [2.45, 2.75) is 20.8 Å². The molecule has 0 aliphatic heterocycles. The monoisotopic (exact) mass is 314 g/mol. The highest BCUT2D eigenvalue weighted by Gasteiger charge is 2.08. The molecule has 0 radical (unpaired) electrons. The molecule has 0 spiro atoms. The zero-order valence-electron chi connectivity index (χ0n) is 13.7. The van der Waals surface area contributed by atoms with Gasteiger partial charge in [0.2, 0.25) is 0 Å². The zero-order valence-corrected chi connectivity index (χ0v) is 13.7. The molecule has 0 unspecified atom stereocenters. The van der Waals surface area contributed by atoms with Crippen LogP contribution in [-0.4, -0.2) is 19.1 Å². The number of nitrogen functional groups attached to an aromatic ring is 1. The number of ether oxygens (including phenoxy) is 2. The molecule has 5 heteroatoms. The summed E-state index contributed by atoms with van der Waals surface area (Å²) < 4.78 is 10.9. The largest absolute Gasteiger partial charge is 0.494 e. The highest BCUT2D eigenvalue weighted by Crippen LogP contribution is 2.24. The van der Waals surface area contributed by atoms with E-state index in [1.54, 1.807) is 18.2 Å². The fourth-order valence-electron chi connectivity index (χ4n) is 2.20. The zero-order chi connectivity index (χ0) is 16.8. The topological polar surface area (TPSA) is 73.6 Å². The highest BCUT2D eigenvalue weighted by atomic mass is 16.5. The Bertz CT molecular complexity index is 699. The molecule has 0 aliphatic rings. The van der Waals surface area contributed by atoms with Gasteiger partial charge in [-0.3, -0.25) is 4.79 Å². The summed E-state index contributed by atoms with van der Waals surface area (Å²) in [6.07, 6.45) is 0. The van der Waals surface area contributed by atoms with Crippen LogP contribution in [0.1, 0.15) is 18.1 Å². The molecule has 122 valence electrons. The number of carbonyl (C=O) groups excluding carboxylic acids is 1. The Morgan fingerprint density at radius 3 is 2.57 bits per heavy atom. The van der Waals surface area contributed by atoms with E-state index in [2.05, 4.69) is 5.32 Å². The van der Waals surface area contributed by atoms with Crippen LogP contribution in [-0.2, 0) is 4.79 Å². The third kappa shape index (κ3) is 4.64. The molecule has 0 fully saturated rings. The van der Waals surface area contributed by atoms with Crippen LogP contribution in [0.3, 0.4) is 0 Å². The van der Waals surface area contributed by atoms with E-state index in [0.717, 1.165) is 11.1 Å². The first-order chi connectivity index (χ1) is 11.0. The lowest BCUT2D eigenvalue weighted by molar-refractivity contribution is -0.118. The SMILES string of the molecule is CCOc1ccc(NC(=O)COc2ccc(C)cc2C)c(N)c1. The van der Waals surface area contributed by atoms with Gasteiger partial charge in [-0.15, -0.1) is 0 Å². The minimum absolute atomic E-state index is 0.0729. The maximum Gasteiger partial charge on any atom is 0.262 e. The van der Waals surface area contributed by atoms with Gasteiger partial charge in [0.15, 0.2) is 6.61 Å². The molecule has 23 heavy (non-hydrogen) atoms. The molecule has 0 atom stereocenters. The number of hydrogen-bond acceptors (Lipinski definition) is 4. The predicted octanol–water partition coefficient (Wildman–Crippen LogP) is 3.30. The molecule has 2 aromatic carbocycles. The second kappa shape index (κ2) is 7.54. The normalized spacial score (nSPS) is 10.2. The van der Waals surface area contributed by atoms with E-state index in [9.17, 15) is 4.79 Å². The average Bonchev–Trinajstić information content (AvgIpc) is 2.49. The third-order valence-corrected chi connectivity index (χ3v) is 3.30. The van der Waals surface area contributed by atoms with Crippen molar-refractivity contribution in [2.75, 3.05) is 24.3 Å². The van der Waals surface area contributed by atoms with Gasteiger partial charge in [0.25, 0.3) is 5.91 Å². The fraction of sp³-hybridized carbons (Fsp3) is 0.278. The summed E-state index contributed by atoms with van der Waals surface area (Å²) in [6.45, 7) is 6.35. The Hall–Kier alpha value is -2.69. The number of carbonyl (C=O) groups is 1. The first-order valence-corrected chi connectivity index (χ1v) is 7.52. The maximum atomic E-state index is 12.0. The molecule has 5 nitrogen and oxygen atoms in total. The van der Waals surface area contributed by atoms with Gasteiger partial charge in [-0.25, -0.2) is 0 Å². The van der Waals surface area contributed by atoms with Crippen LogP contribution in [0.4, 0.5) is 11.4 Å². The number of nitrogens with one attached hydrogen (secondary N) is 1. The summed E-state index contributed by atoms with van der Waals surface area (Å²) in [6, 6.07) is 11.0. The Kier molecular flexibility index (Phi) is 5.46. The molecule has 2 aromatic rings. The van der Waals surface area contributed by atoms with E-state index in [1.165, 1.54) is 0 Å². The first kappa shape index (κ1) is 16.7. The number of hydrogen-bond donors (Lipinski definition) is 2. The summed E-state index contributed by atoms with van der Waals surface area (Å²) in [5.41, 5.74) is 9.06. The molecule has 0 heterocycles. The van der Waals surface area contributed by atoms with E-state index < -0.39 is 0 Å². The second-order valence-corrected chi connectivity index (χ2v) is 5.29. The summed E-state index contributed by atoms with van der Waals surface area (Å²) >= 11 is 0. The quantitative estimate of drug-likeness (QED) is 0.802. The van der Waals surface area contributed by atoms with Crippen LogP contribution in [0.2, 0.25) is 0 Å². The molecule has 0 aliphatic carbocycles. The molecule has 1 amide bonds. The van der Waals surface area contributed by atoms with Gasteiger partial charge < -0.3 is 20.5 Å². The Morgan fingerprint density at radius 2 is 1.91 bits per heavy atom. The standard InChI is InChI=1S/C18H22N2O3/c1-4-22-14-6-7-16(15(19)10-14)20-18(21)11-23-17-8-5-12(2)9-13(17)3/h5-10H,4,11,19H2,1-3H3,(H,20,21). The summed E-state index contributed by atoms with van der Waals surface area (Å²) in [4.78, 5) is 12.0. The van der Waals surface area contributed by atoms with E-state index in [4.69, 9.17) is 15.2 Å². The van der Waals surface area contributed by atoms with Gasteiger partial charge >= 0.3 is 0 Å². The predicted molar refractivity (Wildman–Crippen MR) is 92.1 cm³/mol. The van der Waals surface area contributed by atoms with Gasteiger partial charge in [0.1, 0.15) is 11.5 Å². The molecular formula is C18H22N2O3. The van der Waals surface area contributed by atoms with E-state index >= 15 is 0 Å². The first-order valence-electron chi connectivity index (χ1n) is 7.52. The lowest BCUT2D eigenvalue weighted by Crippen LogP contribution is -2.21. The smallest absolute Gasteiger partial charge is 0.262 e. The minimum atomic E-state index is -0.263. The lowest BCUT2D eigenvalue weighted by atomic mass is 10.1. The van der Waals surface area contributed by atoms with Crippen LogP contribution in [0, 0.1) is 13.8 Å². The van der Waals surface area contributed by atoms with E-state index in [-0.39, 0.29) is 12.5 Å². The Balaban J connectivity index is 1.94. The summed E-state index contributed by atoms with van der Waals surface area (Å²) in [5.74, 6) is 1.11. The van der Waals surface area contributed by atoms with Crippen molar-refractivity contribution in [2.24, 2.45) is 0 Å². The van der Waals surface area contributed by atoms with Crippen molar-refractivity contribution >= 4 is 17.3 Å². The minimum Gasteiger partial charge on any atom is -0.494 e. The molecule has 3 N–H and O–H groups in total. The summed E-state index contributed by atoms with van der Waals surface area (Å²) in [5, 5.41) is 2.74. The molecule has 0 saturated heterocycles. The van der Waals surface area contributed by atoms with Crippen molar-refractivity contribution < 1.29 is 14.3 Å². The number of rotatable bonds is 6. The van der Waals surface area contributed by atoms with Crippen LogP contribution >= 0.6 is 0 Å². The number of aryl methyl sites for hydroxylation is 2. The highest BCUT2D eigenvalue weighted by molar-refractivity contribution is 5.95. The van der Waals surface area contributed by atoms with Crippen LogP contribution in [0.15, 0.2) is 36.4 Å². The number of anilines is 2. The lowest BCUT2D eigenvalue weighted by Gasteiger charge is -2.12. The van der Waals surface area contributed by atoms with Crippen molar-refractivity contribution in [3.05, 3.63) is 47.5 Å². The molecule has 0 bridgehead atoms. The molecule has 0 aromatic heterocycles.